The van der Waals surface area contributed by atoms with Crippen LogP contribution in [0.3, 0.4) is 0 Å². The molecule has 4 heteroatoms. The van der Waals surface area contributed by atoms with Gasteiger partial charge in [0.25, 0.3) is 0 Å². The fourth-order valence-electron chi connectivity index (χ4n) is 1.07. The highest BCUT2D eigenvalue weighted by Crippen LogP contribution is 2.21. The van der Waals surface area contributed by atoms with Crippen LogP contribution in [-0.4, -0.2) is 9.78 Å². The van der Waals surface area contributed by atoms with Crippen LogP contribution in [0.4, 0.5) is 0 Å². The third-order valence-electron chi connectivity index (χ3n) is 1.67. The maximum atomic E-state index is 8.63. The number of halogens is 1. The third kappa shape index (κ3) is 1.30. The summed E-state index contributed by atoms with van der Waals surface area (Å²) in [7, 11) is 0. The summed E-state index contributed by atoms with van der Waals surface area (Å²) in [6, 6.07) is 2.19. The van der Waals surface area contributed by atoms with E-state index in [0.717, 1.165) is 5.69 Å². The molecule has 3 nitrogen and oxygen atoms in total. The predicted molar refractivity (Wildman–Crippen MR) is 47.1 cm³/mol. The van der Waals surface area contributed by atoms with Gasteiger partial charge in [-0.05, 0) is 20.8 Å². The van der Waals surface area contributed by atoms with Crippen LogP contribution in [0.2, 0.25) is 5.02 Å². The maximum absolute atomic E-state index is 8.63. The Labute approximate surface area is 76.6 Å². The summed E-state index contributed by atoms with van der Waals surface area (Å²) in [5.41, 5.74) is 1.16. The molecule has 64 valence electrons. The summed E-state index contributed by atoms with van der Waals surface area (Å²) < 4.78 is 1.75. The lowest BCUT2D eigenvalue weighted by atomic mass is 10.3. The average molecular weight is 184 g/mol. The van der Waals surface area contributed by atoms with Gasteiger partial charge in [-0.3, -0.25) is 4.68 Å². The van der Waals surface area contributed by atoms with Crippen molar-refractivity contribution < 1.29 is 0 Å². The van der Waals surface area contributed by atoms with E-state index in [9.17, 15) is 0 Å². The number of nitrogens with zero attached hydrogens (tertiary/aromatic N) is 3. The highest BCUT2D eigenvalue weighted by Gasteiger charge is 2.13. The van der Waals surface area contributed by atoms with Gasteiger partial charge >= 0.3 is 0 Å². The average Bonchev–Trinajstić information content (AvgIpc) is 2.30. The van der Waals surface area contributed by atoms with Crippen molar-refractivity contribution in [1.29, 1.82) is 5.26 Å². The Morgan fingerprint density at radius 3 is 2.42 bits per heavy atom. The normalized spacial score (nSPS) is 10.3. The smallest absolute Gasteiger partial charge is 0.181 e. The molecule has 0 N–H and O–H groups in total. The molecule has 1 aromatic heterocycles. The van der Waals surface area contributed by atoms with Gasteiger partial charge in [-0.15, -0.1) is 0 Å². The predicted octanol–water partition coefficient (Wildman–Crippen LogP) is 2.30. The van der Waals surface area contributed by atoms with Crippen LogP contribution in [0, 0.1) is 18.3 Å². The zero-order valence-corrected chi connectivity index (χ0v) is 8.05. The highest BCUT2D eigenvalue weighted by molar-refractivity contribution is 6.32. The van der Waals surface area contributed by atoms with E-state index < -0.39 is 0 Å². The van der Waals surface area contributed by atoms with Crippen molar-refractivity contribution in [2.45, 2.75) is 26.8 Å². The lowest BCUT2D eigenvalue weighted by molar-refractivity contribution is 0.518. The van der Waals surface area contributed by atoms with Crippen molar-refractivity contribution in [3.05, 3.63) is 16.4 Å². The quantitative estimate of drug-likeness (QED) is 0.671. The minimum atomic E-state index is 0.240. The molecular weight excluding hydrogens is 174 g/mol. The zero-order valence-electron chi connectivity index (χ0n) is 7.30. The van der Waals surface area contributed by atoms with E-state index in [4.69, 9.17) is 16.9 Å². The third-order valence-corrected chi connectivity index (χ3v) is 2.12. The van der Waals surface area contributed by atoms with Crippen molar-refractivity contribution in [3.8, 4) is 6.07 Å². The molecule has 0 saturated heterocycles. The molecule has 0 unspecified atom stereocenters. The fourth-order valence-corrected chi connectivity index (χ4v) is 1.24. The Hall–Kier alpha value is -1.01. The van der Waals surface area contributed by atoms with Gasteiger partial charge < -0.3 is 0 Å². The molecular formula is C8H10ClN3. The Kier molecular flexibility index (Phi) is 2.39. The van der Waals surface area contributed by atoms with Crippen LogP contribution in [0.5, 0.6) is 0 Å². The van der Waals surface area contributed by atoms with E-state index in [1.807, 2.05) is 26.8 Å². The standard InChI is InChI=1S/C8H10ClN3/c1-5(2)12-6(3)8(9)7(4-10)11-12/h5H,1-3H3. The van der Waals surface area contributed by atoms with Crippen LogP contribution >= 0.6 is 11.6 Å². The van der Waals surface area contributed by atoms with E-state index in [1.54, 1.807) is 4.68 Å². The first-order chi connectivity index (χ1) is 5.57. The van der Waals surface area contributed by atoms with Gasteiger partial charge in [0.2, 0.25) is 0 Å². The summed E-state index contributed by atoms with van der Waals surface area (Å²) in [6.45, 7) is 5.85. The molecule has 0 aliphatic carbocycles. The van der Waals surface area contributed by atoms with Crippen LogP contribution in [0.25, 0.3) is 0 Å². The van der Waals surface area contributed by atoms with Gasteiger partial charge in [0, 0.05) is 6.04 Å². The number of rotatable bonds is 1. The molecule has 0 aliphatic rings. The largest absolute Gasteiger partial charge is 0.264 e. The summed E-state index contributed by atoms with van der Waals surface area (Å²) in [5.74, 6) is 0. The first-order valence-electron chi connectivity index (χ1n) is 3.72. The molecule has 12 heavy (non-hydrogen) atoms. The monoisotopic (exact) mass is 183 g/mol. The van der Waals surface area contributed by atoms with Crippen LogP contribution in [0.1, 0.15) is 31.3 Å². The molecule has 1 rings (SSSR count). The van der Waals surface area contributed by atoms with E-state index >= 15 is 0 Å². The van der Waals surface area contributed by atoms with Gasteiger partial charge in [-0.2, -0.15) is 10.4 Å². The summed E-state index contributed by atoms with van der Waals surface area (Å²) in [5, 5.41) is 13.1. The Bertz CT molecular complexity index is 333. The van der Waals surface area contributed by atoms with Crippen LogP contribution in [-0.2, 0) is 0 Å². The lowest BCUT2D eigenvalue weighted by Gasteiger charge is -2.06. The molecule has 0 amide bonds. The second-order valence-corrected chi connectivity index (χ2v) is 3.28. The SMILES string of the molecule is Cc1c(Cl)c(C#N)nn1C(C)C. The molecule has 0 aromatic carbocycles. The minimum absolute atomic E-state index is 0.240. The summed E-state index contributed by atoms with van der Waals surface area (Å²) >= 11 is 5.85. The number of hydrogen-bond acceptors (Lipinski definition) is 2. The second-order valence-electron chi connectivity index (χ2n) is 2.90. The van der Waals surface area contributed by atoms with Crippen molar-refractivity contribution in [2.24, 2.45) is 0 Å². The molecule has 0 fully saturated rings. The zero-order chi connectivity index (χ0) is 9.30. The molecule has 0 saturated carbocycles. The van der Waals surface area contributed by atoms with E-state index in [0.29, 0.717) is 10.7 Å². The first kappa shape index (κ1) is 9.08. The highest BCUT2D eigenvalue weighted by atomic mass is 35.5. The molecule has 0 aliphatic heterocycles. The van der Waals surface area contributed by atoms with Crippen LogP contribution in [0.15, 0.2) is 0 Å². The lowest BCUT2D eigenvalue weighted by Crippen LogP contribution is -2.04. The van der Waals surface area contributed by atoms with Gasteiger partial charge in [0.15, 0.2) is 5.69 Å². The number of aromatic nitrogens is 2. The van der Waals surface area contributed by atoms with E-state index in [1.165, 1.54) is 0 Å². The molecule has 0 radical (unpaired) electrons. The minimum Gasteiger partial charge on any atom is -0.264 e. The number of hydrogen-bond donors (Lipinski definition) is 0. The van der Waals surface area contributed by atoms with E-state index in [-0.39, 0.29) is 6.04 Å². The number of nitriles is 1. The summed E-state index contributed by atoms with van der Waals surface area (Å²) in [4.78, 5) is 0. The molecule has 0 spiro atoms. The first-order valence-corrected chi connectivity index (χ1v) is 4.10. The van der Waals surface area contributed by atoms with Crippen molar-refractivity contribution in [3.63, 3.8) is 0 Å². The van der Waals surface area contributed by atoms with Crippen molar-refractivity contribution >= 4 is 11.6 Å². The second kappa shape index (κ2) is 3.16. The topological polar surface area (TPSA) is 41.6 Å². The fraction of sp³-hybridized carbons (Fsp3) is 0.500. The Balaban J connectivity index is 3.27. The van der Waals surface area contributed by atoms with Crippen molar-refractivity contribution in [1.82, 2.24) is 9.78 Å². The van der Waals surface area contributed by atoms with E-state index in [2.05, 4.69) is 5.10 Å². The van der Waals surface area contributed by atoms with Gasteiger partial charge in [0.1, 0.15) is 6.07 Å². The van der Waals surface area contributed by atoms with Crippen LogP contribution < -0.4 is 0 Å². The molecule has 1 heterocycles. The summed E-state index contributed by atoms with van der Waals surface area (Å²) in [6.07, 6.45) is 0. The molecule has 0 bridgehead atoms. The van der Waals surface area contributed by atoms with Gasteiger partial charge in [-0.25, -0.2) is 0 Å². The van der Waals surface area contributed by atoms with Gasteiger partial charge in [0.05, 0.1) is 10.7 Å². The Morgan fingerprint density at radius 2 is 2.17 bits per heavy atom. The van der Waals surface area contributed by atoms with Crippen molar-refractivity contribution in [2.75, 3.05) is 0 Å². The maximum Gasteiger partial charge on any atom is 0.181 e. The molecule has 1 aromatic rings. The Morgan fingerprint density at radius 1 is 1.58 bits per heavy atom. The van der Waals surface area contributed by atoms with Gasteiger partial charge in [-0.1, -0.05) is 11.6 Å². The molecule has 0 atom stereocenters.